The van der Waals surface area contributed by atoms with Crippen molar-refractivity contribution in [2.45, 2.75) is 25.0 Å². The van der Waals surface area contributed by atoms with E-state index in [4.69, 9.17) is 15.2 Å². The van der Waals surface area contributed by atoms with Crippen LogP contribution in [0.4, 0.5) is 0 Å². The summed E-state index contributed by atoms with van der Waals surface area (Å²) in [4.78, 5) is 13.9. The number of ether oxygens (including phenoxy) is 2. The van der Waals surface area contributed by atoms with Crippen LogP contribution < -0.4 is 5.73 Å². The first-order chi connectivity index (χ1) is 7.33. The van der Waals surface area contributed by atoms with E-state index in [1.54, 1.807) is 0 Å². The smallest absolute Gasteiger partial charge is 0.254 e. The van der Waals surface area contributed by atoms with Gasteiger partial charge in [0.05, 0.1) is 19.8 Å². The number of likely N-dealkylation sites (tertiary alicyclic amines) is 1. The van der Waals surface area contributed by atoms with E-state index < -0.39 is 6.10 Å². The number of carbonyl (C=O) groups excluding carboxylic acids is 1. The molecule has 2 fully saturated rings. The molecule has 2 aliphatic rings. The molecule has 2 saturated heterocycles. The summed E-state index contributed by atoms with van der Waals surface area (Å²) in [7, 11) is 0. The summed E-state index contributed by atoms with van der Waals surface area (Å²) >= 11 is 0. The molecule has 2 rings (SSSR count). The first-order valence-corrected chi connectivity index (χ1v) is 5.53. The molecule has 2 unspecified atom stereocenters. The van der Waals surface area contributed by atoms with E-state index in [1.165, 1.54) is 0 Å². The summed E-state index contributed by atoms with van der Waals surface area (Å²) in [5.74, 6) is 0.0441. The molecule has 0 aromatic carbocycles. The molecule has 2 heterocycles. The molecular weight excluding hydrogens is 232 g/mol. The first kappa shape index (κ1) is 13.7. The van der Waals surface area contributed by atoms with Crippen LogP contribution in [0.2, 0.25) is 0 Å². The lowest BCUT2D eigenvalue weighted by Crippen LogP contribution is -2.48. The molecule has 5 nitrogen and oxygen atoms in total. The molecular formula is C10H19ClN2O3. The van der Waals surface area contributed by atoms with Crippen molar-refractivity contribution >= 4 is 18.3 Å². The maximum atomic E-state index is 12.0. The van der Waals surface area contributed by atoms with Crippen LogP contribution >= 0.6 is 12.4 Å². The van der Waals surface area contributed by atoms with Gasteiger partial charge in [-0.3, -0.25) is 4.79 Å². The standard InChI is InChI=1S/C10H18N2O3.ClH/c11-6-8-2-1-3-12(8)10(13)9-7-14-4-5-15-9;/h8-9H,1-7,11H2;1H. The minimum Gasteiger partial charge on any atom is -0.376 e. The molecule has 2 N–H and O–H groups in total. The van der Waals surface area contributed by atoms with Gasteiger partial charge in [0.15, 0.2) is 6.10 Å². The van der Waals surface area contributed by atoms with E-state index in [-0.39, 0.29) is 24.4 Å². The molecule has 94 valence electrons. The second-order valence-corrected chi connectivity index (χ2v) is 4.00. The highest BCUT2D eigenvalue weighted by Crippen LogP contribution is 2.18. The van der Waals surface area contributed by atoms with Gasteiger partial charge in [-0.15, -0.1) is 12.4 Å². The summed E-state index contributed by atoms with van der Waals surface area (Å²) in [6, 6.07) is 0.197. The van der Waals surface area contributed by atoms with Crippen LogP contribution in [0.15, 0.2) is 0 Å². The van der Waals surface area contributed by atoms with Gasteiger partial charge < -0.3 is 20.1 Å². The Balaban J connectivity index is 0.00000128. The second-order valence-electron chi connectivity index (χ2n) is 4.00. The summed E-state index contributed by atoms with van der Waals surface area (Å²) in [6.07, 6.45) is 1.64. The Kier molecular flexibility index (Phi) is 5.48. The van der Waals surface area contributed by atoms with Crippen molar-refractivity contribution < 1.29 is 14.3 Å². The highest BCUT2D eigenvalue weighted by Gasteiger charge is 2.33. The van der Waals surface area contributed by atoms with E-state index in [0.29, 0.717) is 26.4 Å². The zero-order chi connectivity index (χ0) is 10.7. The van der Waals surface area contributed by atoms with E-state index in [2.05, 4.69) is 0 Å². The molecule has 2 atom stereocenters. The number of hydrogen-bond donors (Lipinski definition) is 1. The molecule has 0 aromatic heterocycles. The zero-order valence-electron chi connectivity index (χ0n) is 9.26. The van der Waals surface area contributed by atoms with E-state index in [1.807, 2.05) is 4.90 Å². The molecule has 0 spiro atoms. The highest BCUT2D eigenvalue weighted by atomic mass is 35.5. The number of amides is 1. The SMILES string of the molecule is Cl.NCC1CCCN1C(=O)C1COCCO1. The minimum absolute atomic E-state index is 0. The van der Waals surface area contributed by atoms with Gasteiger partial charge in [-0.1, -0.05) is 0 Å². The van der Waals surface area contributed by atoms with Gasteiger partial charge in [0.25, 0.3) is 5.91 Å². The minimum atomic E-state index is -0.411. The van der Waals surface area contributed by atoms with Crippen LogP contribution in [0, 0.1) is 0 Å². The van der Waals surface area contributed by atoms with Gasteiger partial charge in [-0.25, -0.2) is 0 Å². The molecule has 2 aliphatic heterocycles. The predicted octanol–water partition coefficient (Wildman–Crippen LogP) is -0.227. The van der Waals surface area contributed by atoms with Gasteiger partial charge in [-0.05, 0) is 12.8 Å². The summed E-state index contributed by atoms with van der Waals surface area (Å²) in [6.45, 7) is 2.83. The molecule has 0 aromatic rings. The number of nitrogens with two attached hydrogens (primary N) is 1. The molecule has 16 heavy (non-hydrogen) atoms. The van der Waals surface area contributed by atoms with Crippen molar-refractivity contribution in [3.05, 3.63) is 0 Å². The summed E-state index contributed by atoms with van der Waals surface area (Å²) in [5.41, 5.74) is 5.63. The van der Waals surface area contributed by atoms with Gasteiger partial charge in [0.2, 0.25) is 0 Å². The lowest BCUT2D eigenvalue weighted by molar-refractivity contribution is -0.158. The van der Waals surface area contributed by atoms with Crippen LogP contribution in [0.5, 0.6) is 0 Å². The number of nitrogens with zero attached hydrogens (tertiary/aromatic N) is 1. The molecule has 0 aliphatic carbocycles. The van der Waals surface area contributed by atoms with Crippen molar-refractivity contribution in [3.8, 4) is 0 Å². The summed E-state index contributed by atoms with van der Waals surface area (Å²) < 4.78 is 10.6. The Labute approximate surface area is 102 Å². The zero-order valence-corrected chi connectivity index (χ0v) is 10.1. The van der Waals surface area contributed by atoms with Crippen LogP contribution in [0.3, 0.4) is 0 Å². The van der Waals surface area contributed by atoms with E-state index in [9.17, 15) is 4.79 Å². The van der Waals surface area contributed by atoms with Crippen molar-refractivity contribution in [2.75, 3.05) is 32.9 Å². The Bertz CT molecular complexity index is 234. The lowest BCUT2D eigenvalue weighted by atomic mass is 10.2. The Morgan fingerprint density at radius 3 is 2.88 bits per heavy atom. The fraction of sp³-hybridized carbons (Fsp3) is 0.900. The molecule has 6 heteroatoms. The van der Waals surface area contributed by atoms with Crippen molar-refractivity contribution in [3.63, 3.8) is 0 Å². The van der Waals surface area contributed by atoms with Crippen LogP contribution in [-0.4, -0.2) is 55.9 Å². The monoisotopic (exact) mass is 250 g/mol. The predicted molar refractivity (Wildman–Crippen MR) is 61.6 cm³/mol. The second kappa shape index (κ2) is 6.39. The fourth-order valence-electron chi connectivity index (χ4n) is 2.19. The third-order valence-electron chi connectivity index (χ3n) is 3.02. The van der Waals surface area contributed by atoms with E-state index in [0.717, 1.165) is 19.4 Å². The molecule has 0 bridgehead atoms. The average molecular weight is 251 g/mol. The van der Waals surface area contributed by atoms with Crippen molar-refractivity contribution in [2.24, 2.45) is 5.73 Å². The largest absolute Gasteiger partial charge is 0.376 e. The van der Waals surface area contributed by atoms with Crippen molar-refractivity contribution in [1.82, 2.24) is 4.90 Å². The quantitative estimate of drug-likeness (QED) is 0.736. The maximum absolute atomic E-state index is 12.0. The van der Waals surface area contributed by atoms with Crippen LogP contribution in [0.1, 0.15) is 12.8 Å². The van der Waals surface area contributed by atoms with Gasteiger partial charge in [0, 0.05) is 19.1 Å². The Morgan fingerprint density at radius 2 is 2.25 bits per heavy atom. The molecule has 0 saturated carbocycles. The topological polar surface area (TPSA) is 64.8 Å². The first-order valence-electron chi connectivity index (χ1n) is 5.53. The van der Waals surface area contributed by atoms with Gasteiger partial charge in [-0.2, -0.15) is 0 Å². The summed E-state index contributed by atoms with van der Waals surface area (Å²) in [5, 5.41) is 0. The van der Waals surface area contributed by atoms with Crippen molar-refractivity contribution in [1.29, 1.82) is 0 Å². The number of hydrogen-bond acceptors (Lipinski definition) is 4. The van der Waals surface area contributed by atoms with E-state index >= 15 is 0 Å². The number of carbonyl (C=O) groups is 1. The number of halogens is 1. The van der Waals surface area contributed by atoms with Gasteiger partial charge in [0.1, 0.15) is 0 Å². The normalized spacial score (nSPS) is 29.9. The molecule has 0 radical (unpaired) electrons. The third kappa shape index (κ3) is 2.85. The fourth-order valence-corrected chi connectivity index (χ4v) is 2.19. The third-order valence-corrected chi connectivity index (χ3v) is 3.02. The molecule has 1 amide bonds. The Morgan fingerprint density at radius 1 is 1.44 bits per heavy atom. The number of rotatable bonds is 2. The lowest BCUT2D eigenvalue weighted by Gasteiger charge is -2.30. The Hall–Kier alpha value is -0.360. The highest BCUT2D eigenvalue weighted by molar-refractivity contribution is 5.85. The van der Waals surface area contributed by atoms with Crippen LogP contribution in [-0.2, 0) is 14.3 Å². The van der Waals surface area contributed by atoms with Crippen LogP contribution in [0.25, 0.3) is 0 Å². The average Bonchev–Trinajstić information content (AvgIpc) is 2.77. The van der Waals surface area contributed by atoms with Gasteiger partial charge >= 0.3 is 0 Å². The maximum Gasteiger partial charge on any atom is 0.254 e.